The standard InChI is InChI=1S/C23H23N3O6/c1-4-9-24-23(31)25-19(27)12-32-22(30)15-7-8-16-17(11-15)21(29)26(20(16)28)18-10-13(2)5-6-14(18)3/h5-8,10-11H,4,9,12H2,1-3H3,(H2,24,25,27,31). The number of hydrogen-bond acceptors (Lipinski definition) is 6. The number of esters is 1. The highest BCUT2D eigenvalue weighted by atomic mass is 16.5. The van der Waals surface area contributed by atoms with Gasteiger partial charge in [-0.1, -0.05) is 19.1 Å². The van der Waals surface area contributed by atoms with Crippen LogP contribution in [0.2, 0.25) is 0 Å². The molecule has 0 bridgehead atoms. The largest absolute Gasteiger partial charge is 0.452 e. The maximum Gasteiger partial charge on any atom is 0.338 e. The Morgan fingerprint density at radius 2 is 1.69 bits per heavy atom. The number of hydrogen-bond donors (Lipinski definition) is 2. The lowest BCUT2D eigenvalue weighted by Gasteiger charge is -2.17. The third-order valence-corrected chi connectivity index (χ3v) is 4.85. The zero-order chi connectivity index (χ0) is 23.4. The normalized spacial score (nSPS) is 12.4. The van der Waals surface area contributed by atoms with Gasteiger partial charge in [0, 0.05) is 6.54 Å². The molecule has 0 aromatic heterocycles. The van der Waals surface area contributed by atoms with Gasteiger partial charge in [-0.15, -0.1) is 0 Å². The number of imide groups is 2. The molecule has 0 fully saturated rings. The first-order chi connectivity index (χ1) is 15.2. The van der Waals surface area contributed by atoms with Crippen LogP contribution in [0.25, 0.3) is 0 Å². The van der Waals surface area contributed by atoms with Crippen LogP contribution in [0.5, 0.6) is 0 Å². The van der Waals surface area contributed by atoms with Gasteiger partial charge in [-0.3, -0.25) is 19.7 Å². The summed E-state index contributed by atoms with van der Waals surface area (Å²) in [5.41, 5.74) is 2.41. The summed E-state index contributed by atoms with van der Waals surface area (Å²) in [6.07, 6.45) is 0.705. The second-order valence-corrected chi connectivity index (χ2v) is 7.38. The van der Waals surface area contributed by atoms with Gasteiger partial charge in [-0.2, -0.15) is 0 Å². The molecule has 5 amide bonds. The molecule has 0 saturated heterocycles. The molecule has 1 aliphatic rings. The zero-order valence-electron chi connectivity index (χ0n) is 18.0. The SMILES string of the molecule is CCCNC(=O)NC(=O)COC(=O)c1ccc2c(c1)C(=O)N(c1cc(C)ccc1C)C2=O. The Bertz CT molecular complexity index is 1120. The minimum atomic E-state index is -0.859. The molecule has 0 atom stereocenters. The fourth-order valence-electron chi connectivity index (χ4n) is 3.21. The lowest BCUT2D eigenvalue weighted by molar-refractivity contribution is -0.123. The average Bonchev–Trinajstić information content (AvgIpc) is 3.01. The van der Waals surface area contributed by atoms with Crippen molar-refractivity contribution in [3.63, 3.8) is 0 Å². The molecule has 1 aliphatic heterocycles. The maximum atomic E-state index is 13.0. The summed E-state index contributed by atoms with van der Waals surface area (Å²) >= 11 is 0. The van der Waals surface area contributed by atoms with Crippen LogP contribution in [0.15, 0.2) is 36.4 Å². The van der Waals surface area contributed by atoms with Crippen LogP contribution in [0, 0.1) is 13.8 Å². The number of nitrogens with zero attached hydrogens (tertiary/aromatic N) is 1. The van der Waals surface area contributed by atoms with E-state index in [1.165, 1.54) is 18.2 Å². The van der Waals surface area contributed by atoms with Crippen LogP contribution in [0.4, 0.5) is 10.5 Å². The monoisotopic (exact) mass is 437 g/mol. The molecule has 32 heavy (non-hydrogen) atoms. The molecule has 2 aromatic carbocycles. The van der Waals surface area contributed by atoms with Crippen molar-refractivity contribution in [3.05, 3.63) is 64.2 Å². The Hall–Kier alpha value is -4.01. The van der Waals surface area contributed by atoms with Gasteiger partial charge in [0.2, 0.25) is 0 Å². The zero-order valence-corrected chi connectivity index (χ0v) is 18.0. The van der Waals surface area contributed by atoms with E-state index in [-0.39, 0.29) is 16.7 Å². The van der Waals surface area contributed by atoms with E-state index in [4.69, 9.17) is 4.74 Å². The van der Waals surface area contributed by atoms with Crippen molar-refractivity contribution >= 4 is 35.4 Å². The lowest BCUT2D eigenvalue weighted by atomic mass is 10.1. The Morgan fingerprint density at radius 1 is 0.969 bits per heavy atom. The number of benzene rings is 2. The Balaban J connectivity index is 1.71. The van der Waals surface area contributed by atoms with E-state index in [0.717, 1.165) is 16.0 Å². The summed E-state index contributed by atoms with van der Waals surface area (Å²) in [6.45, 7) is 5.25. The molecule has 3 rings (SSSR count). The smallest absolute Gasteiger partial charge is 0.338 e. The topological polar surface area (TPSA) is 122 Å². The first kappa shape index (κ1) is 22.7. The molecule has 0 unspecified atom stereocenters. The van der Waals surface area contributed by atoms with Crippen LogP contribution >= 0.6 is 0 Å². The number of fused-ring (bicyclic) bond motifs is 1. The second-order valence-electron chi connectivity index (χ2n) is 7.38. The Morgan fingerprint density at radius 3 is 2.41 bits per heavy atom. The lowest BCUT2D eigenvalue weighted by Crippen LogP contribution is -2.41. The predicted molar refractivity (Wildman–Crippen MR) is 116 cm³/mol. The third-order valence-electron chi connectivity index (χ3n) is 4.85. The number of carbonyl (C=O) groups is 5. The molecule has 166 valence electrons. The van der Waals surface area contributed by atoms with Gasteiger partial charge in [-0.25, -0.2) is 14.5 Å². The number of carbonyl (C=O) groups excluding carboxylic acids is 5. The van der Waals surface area contributed by atoms with Crippen molar-refractivity contribution in [1.29, 1.82) is 0 Å². The third kappa shape index (κ3) is 4.66. The molecule has 2 N–H and O–H groups in total. The molecular weight excluding hydrogens is 414 g/mol. The molecule has 1 heterocycles. The van der Waals surface area contributed by atoms with Gasteiger partial charge in [0.25, 0.3) is 17.7 Å². The molecule has 9 heteroatoms. The van der Waals surface area contributed by atoms with Crippen LogP contribution in [-0.4, -0.2) is 42.9 Å². The molecule has 0 saturated carbocycles. The predicted octanol–water partition coefficient (Wildman–Crippen LogP) is 2.50. The Labute approximate surface area is 184 Å². The summed E-state index contributed by atoms with van der Waals surface area (Å²) in [4.78, 5) is 62.4. The summed E-state index contributed by atoms with van der Waals surface area (Å²) in [5, 5.41) is 4.50. The van der Waals surface area contributed by atoms with E-state index in [1.54, 1.807) is 13.0 Å². The molecule has 2 aromatic rings. The molecule has 0 radical (unpaired) electrons. The number of nitrogens with one attached hydrogen (secondary N) is 2. The summed E-state index contributed by atoms with van der Waals surface area (Å²) in [5.74, 6) is -2.67. The van der Waals surface area contributed by atoms with Crippen LogP contribution < -0.4 is 15.5 Å². The van der Waals surface area contributed by atoms with E-state index in [0.29, 0.717) is 18.7 Å². The van der Waals surface area contributed by atoms with E-state index in [1.807, 2.05) is 31.3 Å². The van der Waals surface area contributed by atoms with Gasteiger partial charge in [0.15, 0.2) is 6.61 Å². The van der Waals surface area contributed by atoms with Crippen LogP contribution in [-0.2, 0) is 9.53 Å². The second kappa shape index (κ2) is 9.42. The molecule has 9 nitrogen and oxygen atoms in total. The highest BCUT2D eigenvalue weighted by Crippen LogP contribution is 2.31. The van der Waals surface area contributed by atoms with Gasteiger partial charge < -0.3 is 10.1 Å². The van der Waals surface area contributed by atoms with E-state index in [9.17, 15) is 24.0 Å². The quantitative estimate of drug-likeness (QED) is 0.529. The first-order valence-corrected chi connectivity index (χ1v) is 10.1. The van der Waals surface area contributed by atoms with Gasteiger partial charge >= 0.3 is 12.0 Å². The Kier molecular flexibility index (Phi) is 6.67. The van der Waals surface area contributed by atoms with Crippen LogP contribution in [0.3, 0.4) is 0 Å². The molecule has 0 aliphatic carbocycles. The van der Waals surface area contributed by atoms with E-state index >= 15 is 0 Å². The molecule has 0 spiro atoms. The van der Waals surface area contributed by atoms with Crippen molar-refractivity contribution in [2.45, 2.75) is 27.2 Å². The first-order valence-electron chi connectivity index (χ1n) is 10.1. The van der Waals surface area contributed by atoms with Crippen molar-refractivity contribution < 1.29 is 28.7 Å². The molecular formula is C23H23N3O6. The number of anilines is 1. The van der Waals surface area contributed by atoms with Crippen molar-refractivity contribution in [1.82, 2.24) is 10.6 Å². The van der Waals surface area contributed by atoms with Gasteiger partial charge in [0.1, 0.15) is 0 Å². The van der Waals surface area contributed by atoms with Crippen molar-refractivity contribution in [2.75, 3.05) is 18.1 Å². The number of rotatable bonds is 6. The number of urea groups is 1. The number of amides is 5. The maximum absolute atomic E-state index is 13.0. The minimum Gasteiger partial charge on any atom is -0.452 e. The van der Waals surface area contributed by atoms with Gasteiger partial charge in [-0.05, 0) is 55.7 Å². The minimum absolute atomic E-state index is 0.0101. The van der Waals surface area contributed by atoms with Gasteiger partial charge in [0.05, 0.1) is 22.4 Å². The van der Waals surface area contributed by atoms with Crippen molar-refractivity contribution in [2.24, 2.45) is 0 Å². The summed E-state index contributed by atoms with van der Waals surface area (Å²) in [7, 11) is 0. The summed E-state index contributed by atoms with van der Waals surface area (Å²) in [6, 6.07) is 8.79. The summed E-state index contributed by atoms with van der Waals surface area (Å²) < 4.78 is 4.92. The number of ether oxygens (including phenoxy) is 1. The van der Waals surface area contributed by atoms with E-state index < -0.39 is 36.3 Å². The van der Waals surface area contributed by atoms with Crippen molar-refractivity contribution in [3.8, 4) is 0 Å². The number of aryl methyl sites for hydroxylation is 2. The fourth-order valence-corrected chi connectivity index (χ4v) is 3.21. The van der Waals surface area contributed by atoms with E-state index in [2.05, 4.69) is 5.32 Å². The fraction of sp³-hybridized carbons (Fsp3) is 0.261. The highest BCUT2D eigenvalue weighted by molar-refractivity contribution is 6.35. The van der Waals surface area contributed by atoms with Crippen LogP contribution in [0.1, 0.15) is 55.5 Å². The highest BCUT2D eigenvalue weighted by Gasteiger charge is 2.38. The average molecular weight is 437 g/mol.